The van der Waals surface area contributed by atoms with E-state index < -0.39 is 0 Å². The lowest BCUT2D eigenvalue weighted by atomic mass is 9.96. The second-order valence-corrected chi connectivity index (χ2v) is 6.12. The fourth-order valence-corrected chi connectivity index (χ4v) is 3.15. The average molecular weight is 311 g/mol. The first-order valence-corrected chi connectivity index (χ1v) is 8.14. The van der Waals surface area contributed by atoms with Gasteiger partial charge in [-0.2, -0.15) is 0 Å². The molecule has 0 amide bonds. The summed E-state index contributed by atoms with van der Waals surface area (Å²) in [7, 11) is 1.98. The molecule has 0 saturated heterocycles. The molecule has 116 valence electrons. The van der Waals surface area contributed by atoms with E-state index in [2.05, 4.69) is 78.8 Å². The van der Waals surface area contributed by atoms with Crippen molar-refractivity contribution >= 4 is 10.8 Å². The molecule has 0 radical (unpaired) electrons. The normalized spacial score (nSPS) is 10.9. The number of benzene rings is 3. The molecule has 2 heteroatoms. The Hall–Kier alpha value is -3.00. The third-order valence-corrected chi connectivity index (χ3v) is 4.52. The molecule has 0 fully saturated rings. The third kappa shape index (κ3) is 2.56. The molecule has 0 aliphatic rings. The molecule has 0 aliphatic carbocycles. The molecule has 1 aromatic heterocycles. The predicted octanol–water partition coefficient (Wildman–Crippen LogP) is 4.70. The predicted molar refractivity (Wildman–Crippen MR) is 98.5 cm³/mol. The summed E-state index contributed by atoms with van der Waals surface area (Å²) >= 11 is 0. The summed E-state index contributed by atoms with van der Waals surface area (Å²) < 4.78 is 1.92. The van der Waals surface area contributed by atoms with Crippen LogP contribution in [0.25, 0.3) is 33.2 Å². The first kappa shape index (κ1) is 14.6. The van der Waals surface area contributed by atoms with Crippen molar-refractivity contribution in [1.29, 1.82) is 0 Å². The van der Waals surface area contributed by atoms with E-state index in [-0.39, 0.29) is 0 Å². The number of aryl methyl sites for hydroxylation is 2. The van der Waals surface area contributed by atoms with Crippen molar-refractivity contribution in [1.82, 2.24) is 5.10 Å². The molecule has 4 rings (SSSR count). The fraction of sp³-hybridized carbons (Fsp3) is 0.0909. The molecule has 0 saturated carbocycles. The quantitative estimate of drug-likeness (QED) is 0.490. The lowest BCUT2D eigenvalue weighted by Crippen LogP contribution is -2.35. The minimum absolute atomic E-state index is 1.12. The Kier molecular flexibility index (Phi) is 3.58. The summed E-state index contributed by atoms with van der Waals surface area (Å²) in [4.78, 5) is 0. The van der Waals surface area contributed by atoms with Crippen LogP contribution in [0.15, 0.2) is 79.0 Å². The van der Waals surface area contributed by atoms with Crippen LogP contribution in [0.4, 0.5) is 0 Å². The van der Waals surface area contributed by atoms with Crippen LogP contribution in [-0.4, -0.2) is 5.10 Å². The Morgan fingerprint density at radius 3 is 2.33 bits per heavy atom. The van der Waals surface area contributed by atoms with E-state index in [1.165, 1.54) is 33.0 Å². The number of hydrogen-bond donors (Lipinski definition) is 0. The van der Waals surface area contributed by atoms with Gasteiger partial charge in [0.25, 0.3) is 0 Å². The molecule has 1 heterocycles. The number of rotatable bonds is 2. The van der Waals surface area contributed by atoms with Gasteiger partial charge >= 0.3 is 0 Å². The Morgan fingerprint density at radius 2 is 1.50 bits per heavy atom. The third-order valence-electron chi connectivity index (χ3n) is 4.52. The molecular formula is C22H19N2+. The van der Waals surface area contributed by atoms with Gasteiger partial charge in [0, 0.05) is 6.07 Å². The van der Waals surface area contributed by atoms with Gasteiger partial charge in [-0.15, -0.1) is 0 Å². The highest BCUT2D eigenvalue weighted by atomic mass is 15.2. The van der Waals surface area contributed by atoms with Crippen LogP contribution in [0.2, 0.25) is 0 Å². The standard InChI is InChI=1S/C22H19N2/c1-16-9-10-20(15-21(16)22-8-5-13-23-24(22)2)19-12-11-17-6-3-4-7-18(17)14-19/h3-15H,1-2H3/q+1. The van der Waals surface area contributed by atoms with Crippen LogP contribution in [0.3, 0.4) is 0 Å². The van der Waals surface area contributed by atoms with Crippen LogP contribution in [-0.2, 0) is 7.05 Å². The van der Waals surface area contributed by atoms with Gasteiger partial charge in [0.05, 0.1) is 11.8 Å². The maximum absolute atomic E-state index is 4.36. The Morgan fingerprint density at radius 1 is 0.750 bits per heavy atom. The van der Waals surface area contributed by atoms with E-state index in [1.807, 2.05) is 24.0 Å². The SMILES string of the molecule is Cc1ccc(-c2ccc3ccccc3c2)cc1-c1cccn[n+]1C. The summed E-state index contributed by atoms with van der Waals surface area (Å²) in [6, 6.07) is 25.8. The largest absolute Gasteiger partial charge is 0.239 e. The van der Waals surface area contributed by atoms with Crippen molar-refractivity contribution in [2.24, 2.45) is 7.05 Å². The van der Waals surface area contributed by atoms with Gasteiger partial charge in [-0.25, -0.2) is 0 Å². The zero-order valence-electron chi connectivity index (χ0n) is 13.9. The van der Waals surface area contributed by atoms with Crippen LogP contribution in [0.1, 0.15) is 5.56 Å². The first-order valence-electron chi connectivity index (χ1n) is 8.14. The van der Waals surface area contributed by atoms with E-state index in [4.69, 9.17) is 0 Å². The molecule has 2 nitrogen and oxygen atoms in total. The molecule has 0 N–H and O–H groups in total. The van der Waals surface area contributed by atoms with Gasteiger partial charge in [-0.05, 0) is 57.7 Å². The second-order valence-electron chi connectivity index (χ2n) is 6.12. The van der Waals surface area contributed by atoms with Crippen LogP contribution in [0, 0.1) is 6.92 Å². The van der Waals surface area contributed by atoms with E-state index in [9.17, 15) is 0 Å². The molecular weight excluding hydrogens is 292 g/mol. The number of aromatic nitrogens is 2. The van der Waals surface area contributed by atoms with Crippen molar-refractivity contribution in [2.75, 3.05) is 0 Å². The van der Waals surface area contributed by atoms with Gasteiger partial charge in [0.15, 0.2) is 7.05 Å². The Bertz CT molecular complexity index is 1030. The molecule has 4 aromatic rings. The molecule has 0 spiro atoms. The van der Waals surface area contributed by atoms with Gasteiger partial charge in [-0.1, -0.05) is 53.2 Å². The highest BCUT2D eigenvalue weighted by Crippen LogP contribution is 2.29. The minimum atomic E-state index is 1.12. The first-order chi connectivity index (χ1) is 11.7. The Balaban J connectivity index is 1.87. The van der Waals surface area contributed by atoms with E-state index in [0.29, 0.717) is 0 Å². The minimum Gasteiger partial charge on any atom is -0.0865 e. The van der Waals surface area contributed by atoms with Crippen molar-refractivity contribution in [3.63, 3.8) is 0 Å². The van der Waals surface area contributed by atoms with Crippen LogP contribution < -0.4 is 4.68 Å². The maximum atomic E-state index is 4.36. The molecule has 3 aromatic carbocycles. The van der Waals surface area contributed by atoms with Gasteiger partial charge < -0.3 is 0 Å². The van der Waals surface area contributed by atoms with E-state index in [1.54, 1.807) is 0 Å². The van der Waals surface area contributed by atoms with Crippen molar-refractivity contribution in [3.8, 4) is 22.4 Å². The van der Waals surface area contributed by atoms with Crippen molar-refractivity contribution < 1.29 is 4.68 Å². The monoisotopic (exact) mass is 311 g/mol. The second kappa shape index (κ2) is 5.89. The molecule has 0 aliphatic heterocycles. The van der Waals surface area contributed by atoms with E-state index in [0.717, 1.165) is 5.69 Å². The van der Waals surface area contributed by atoms with Gasteiger partial charge in [0.2, 0.25) is 5.69 Å². The molecule has 0 atom stereocenters. The summed E-state index contributed by atoms with van der Waals surface area (Å²) in [6.07, 6.45) is 1.81. The molecule has 0 bridgehead atoms. The van der Waals surface area contributed by atoms with E-state index >= 15 is 0 Å². The Labute approximate surface area is 142 Å². The number of nitrogens with zero attached hydrogens (tertiary/aromatic N) is 2. The van der Waals surface area contributed by atoms with Crippen LogP contribution in [0.5, 0.6) is 0 Å². The summed E-state index contributed by atoms with van der Waals surface area (Å²) in [5.74, 6) is 0. The smallest absolute Gasteiger partial charge is 0.0865 e. The lowest BCUT2D eigenvalue weighted by molar-refractivity contribution is -0.720. The number of hydrogen-bond acceptors (Lipinski definition) is 1. The summed E-state index contributed by atoms with van der Waals surface area (Å²) in [5, 5.41) is 6.89. The zero-order chi connectivity index (χ0) is 16.5. The lowest BCUT2D eigenvalue weighted by Gasteiger charge is -2.08. The zero-order valence-corrected chi connectivity index (χ0v) is 13.9. The topological polar surface area (TPSA) is 16.8 Å². The highest BCUT2D eigenvalue weighted by Gasteiger charge is 2.14. The fourth-order valence-electron chi connectivity index (χ4n) is 3.15. The van der Waals surface area contributed by atoms with Gasteiger partial charge in [-0.3, -0.25) is 0 Å². The molecule has 0 unspecified atom stereocenters. The average Bonchev–Trinajstić information content (AvgIpc) is 2.62. The van der Waals surface area contributed by atoms with Gasteiger partial charge in [0.1, 0.15) is 0 Å². The molecule has 24 heavy (non-hydrogen) atoms. The number of fused-ring (bicyclic) bond motifs is 1. The summed E-state index contributed by atoms with van der Waals surface area (Å²) in [5.41, 5.74) is 6.06. The summed E-state index contributed by atoms with van der Waals surface area (Å²) in [6.45, 7) is 2.15. The highest BCUT2D eigenvalue weighted by molar-refractivity contribution is 5.87. The van der Waals surface area contributed by atoms with Crippen molar-refractivity contribution in [3.05, 3.63) is 84.6 Å². The van der Waals surface area contributed by atoms with Crippen LogP contribution >= 0.6 is 0 Å². The maximum Gasteiger partial charge on any atom is 0.239 e. The van der Waals surface area contributed by atoms with Crippen molar-refractivity contribution in [2.45, 2.75) is 6.92 Å².